The Morgan fingerprint density at radius 1 is 1.40 bits per heavy atom. The molecule has 0 fully saturated rings. The van der Waals surface area contributed by atoms with Crippen LogP contribution < -0.4 is 0 Å². The van der Waals surface area contributed by atoms with E-state index >= 15 is 0 Å². The van der Waals surface area contributed by atoms with Gasteiger partial charge >= 0.3 is 0 Å². The van der Waals surface area contributed by atoms with Crippen LogP contribution >= 0.6 is 34.8 Å². The largest absolute Gasteiger partial charge is 0.265 e. The first-order valence-corrected chi connectivity index (χ1v) is 3.58. The molecular formula is C6H4Cl3Co-. The summed E-state index contributed by atoms with van der Waals surface area (Å²) in [5.74, 6) is 0. The molecule has 1 aliphatic rings. The van der Waals surface area contributed by atoms with Crippen molar-refractivity contribution in [3.63, 3.8) is 0 Å². The van der Waals surface area contributed by atoms with E-state index in [1.54, 1.807) is 6.08 Å². The molecule has 1 radical (unpaired) electrons. The second-order valence-corrected chi connectivity index (χ2v) is 3.98. The van der Waals surface area contributed by atoms with E-state index in [0.717, 1.165) is 6.42 Å². The van der Waals surface area contributed by atoms with Gasteiger partial charge in [0.1, 0.15) is 0 Å². The third-order valence-electron chi connectivity index (χ3n) is 1.00. The minimum atomic E-state index is -1.28. The molecule has 0 spiro atoms. The Morgan fingerprint density at radius 3 is 2.20 bits per heavy atom. The zero-order chi connectivity index (χ0) is 6.91. The monoisotopic (exact) mass is 240 g/mol. The summed E-state index contributed by atoms with van der Waals surface area (Å²) in [4.78, 5) is 0. The average molecular weight is 241 g/mol. The van der Waals surface area contributed by atoms with Crippen molar-refractivity contribution in [2.75, 3.05) is 0 Å². The van der Waals surface area contributed by atoms with E-state index in [1.165, 1.54) is 0 Å². The van der Waals surface area contributed by atoms with Gasteiger partial charge in [-0.3, -0.25) is 6.08 Å². The van der Waals surface area contributed by atoms with Crippen LogP contribution in [-0.4, -0.2) is 3.79 Å². The molecule has 0 saturated carbocycles. The number of halogens is 3. The molecule has 0 saturated heterocycles. The molecule has 0 bridgehead atoms. The quantitative estimate of drug-likeness (QED) is 0.452. The minimum Gasteiger partial charge on any atom is -0.265 e. The maximum absolute atomic E-state index is 5.52. The average Bonchev–Trinajstić information content (AvgIpc) is 2.08. The van der Waals surface area contributed by atoms with Gasteiger partial charge in [0, 0.05) is 16.8 Å². The number of allylic oxidation sites excluding steroid dienone is 4. The second-order valence-electron chi connectivity index (χ2n) is 1.69. The zero-order valence-electron chi connectivity index (χ0n) is 4.83. The van der Waals surface area contributed by atoms with Crippen LogP contribution in [0, 0.1) is 6.08 Å². The summed E-state index contributed by atoms with van der Waals surface area (Å²) in [6.07, 6.45) is 7.33. The van der Waals surface area contributed by atoms with Gasteiger partial charge in [-0.15, -0.1) is 6.42 Å². The fourth-order valence-corrected chi connectivity index (χ4v) is 0.989. The van der Waals surface area contributed by atoms with Gasteiger partial charge in [-0.25, -0.2) is 6.08 Å². The summed E-state index contributed by atoms with van der Waals surface area (Å²) < 4.78 is -1.28. The fraction of sp³-hybridized carbons (Fsp3) is 0.333. The Bertz CT molecular complexity index is 166. The fourth-order valence-electron chi connectivity index (χ4n) is 0.599. The molecule has 59 valence electrons. The number of alkyl halides is 3. The first-order chi connectivity index (χ1) is 4.11. The molecule has 10 heavy (non-hydrogen) atoms. The van der Waals surface area contributed by atoms with Gasteiger partial charge in [0.15, 0.2) is 3.79 Å². The van der Waals surface area contributed by atoms with Crippen LogP contribution in [0.15, 0.2) is 17.7 Å². The Labute approximate surface area is 85.4 Å². The predicted molar refractivity (Wildman–Crippen MR) is 40.8 cm³/mol. The Balaban J connectivity index is 0.000000810. The first kappa shape index (κ1) is 10.9. The molecule has 0 N–H and O–H groups in total. The summed E-state index contributed by atoms with van der Waals surface area (Å²) in [6, 6.07) is 0. The first-order valence-electron chi connectivity index (χ1n) is 2.45. The molecule has 0 atom stereocenters. The van der Waals surface area contributed by atoms with Crippen molar-refractivity contribution < 1.29 is 16.8 Å². The van der Waals surface area contributed by atoms with E-state index in [2.05, 4.69) is 6.08 Å². The van der Waals surface area contributed by atoms with E-state index in [4.69, 9.17) is 34.8 Å². The molecule has 0 unspecified atom stereocenters. The van der Waals surface area contributed by atoms with Crippen molar-refractivity contribution >= 4 is 34.8 Å². The predicted octanol–water partition coefficient (Wildman–Crippen LogP) is 3.04. The topological polar surface area (TPSA) is 0 Å². The van der Waals surface area contributed by atoms with Gasteiger partial charge in [0.05, 0.1) is 0 Å². The number of hydrogen-bond acceptors (Lipinski definition) is 0. The van der Waals surface area contributed by atoms with Crippen LogP contribution in [0.2, 0.25) is 0 Å². The van der Waals surface area contributed by atoms with Crippen LogP contribution in [0.3, 0.4) is 0 Å². The molecule has 0 nitrogen and oxygen atoms in total. The van der Waals surface area contributed by atoms with Crippen LogP contribution in [0.4, 0.5) is 0 Å². The molecular weight excluding hydrogens is 237 g/mol. The van der Waals surface area contributed by atoms with E-state index in [-0.39, 0.29) is 16.8 Å². The molecule has 0 aromatic carbocycles. The van der Waals surface area contributed by atoms with E-state index in [9.17, 15) is 0 Å². The molecule has 0 amide bonds. The molecule has 0 aromatic rings. The van der Waals surface area contributed by atoms with Crippen LogP contribution in [0.5, 0.6) is 0 Å². The zero-order valence-corrected chi connectivity index (χ0v) is 8.14. The van der Waals surface area contributed by atoms with Crippen LogP contribution in [0.1, 0.15) is 6.42 Å². The molecule has 0 aliphatic heterocycles. The van der Waals surface area contributed by atoms with Crippen molar-refractivity contribution in [1.29, 1.82) is 0 Å². The Kier molecular flexibility index (Phi) is 4.37. The van der Waals surface area contributed by atoms with Crippen molar-refractivity contribution in [3.8, 4) is 0 Å². The van der Waals surface area contributed by atoms with E-state index in [0.29, 0.717) is 5.57 Å². The molecule has 0 heterocycles. The Morgan fingerprint density at radius 2 is 2.00 bits per heavy atom. The molecule has 0 aromatic heterocycles. The van der Waals surface area contributed by atoms with Crippen molar-refractivity contribution in [2.24, 2.45) is 0 Å². The van der Waals surface area contributed by atoms with Crippen molar-refractivity contribution in [3.05, 3.63) is 23.8 Å². The summed E-state index contributed by atoms with van der Waals surface area (Å²) in [6.45, 7) is 0. The number of hydrogen-bond donors (Lipinski definition) is 0. The third-order valence-corrected chi connectivity index (χ3v) is 1.61. The normalized spacial score (nSPS) is 16.5. The molecule has 1 rings (SSSR count). The van der Waals surface area contributed by atoms with Gasteiger partial charge in [0.2, 0.25) is 0 Å². The van der Waals surface area contributed by atoms with Crippen molar-refractivity contribution in [2.45, 2.75) is 10.2 Å². The van der Waals surface area contributed by atoms with Crippen LogP contribution in [0.25, 0.3) is 0 Å². The van der Waals surface area contributed by atoms with Gasteiger partial charge < -0.3 is 0 Å². The minimum absolute atomic E-state index is 0. The van der Waals surface area contributed by atoms with Gasteiger partial charge in [-0.2, -0.15) is 11.6 Å². The summed E-state index contributed by atoms with van der Waals surface area (Å²) >= 11 is 16.6. The SMILES string of the molecule is ClC(Cl)(Cl)C1=[C-]CC=C1.[Co]. The Hall–Kier alpha value is 0.856. The summed E-state index contributed by atoms with van der Waals surface area (Å²) in [5, 5.41) is 0. The van der Waals surface area contributed by atoms with Gasteiger partial charge in [-0.1, -0.05) is 34.8 Å². The maximum Gasteiger partial charge on any atom is 0.183 e. The maximum atomic E-state index is 5.52. The van der Waals surface area contributed by atoms with Crippen molar-refractivity contribution in [1.82, 2.24) is 0 Å². The van der Waals surface area contributed by atoms with Crippen LogP contribution in [-0.2, 0) is 16.8 Å². The van der Waals surface area contributed by atoms with E-state index in [1.807, 2.05) is 6.08 Å². The molecule has 1 aliphatic carbocycles. The smallest absolute Gasteiger partial charge is 0.183 e. The summed E-state index contributed by atoms with van der Waals surface area (Å²) in [5.41, 5.74) is 0.646. The van der Waals surface area contributed by atoms with Gasteiger partial charge in [-0.05, 0) is 0 Å². The third kappa shape index (κ3) is 2.85. The van der Waals surface area contributed by atoms with E-state index < -0.39 is 3.79 Å². The van der Waals surface area contributed by atoms with Gasteiger partial charge in [0.25, 0.3) is 0 Å². The standard InChI is InChI=1S/C6H4Cl3.Co/c7-6(8,9)5-3-1-2-4-5;/h1,3H,2H2;/q-1;. The summed E-state index contributed by atoms with van der Waals surface area (Å²) in [7, 11) is 0. The molecule has 4 heteroatoms. The second kappa shape index (κ2) is 4.03. The number of rotatable bonds is 0.